The van der Waals surface area contributed by atoms with Gasteiger partial charge in [0, 0.05) is 17.5 Å². The van der Waals surface area contributed by atoms with Crippen molar-refractivity contribution in [2.75, 3.05) is 13.1 Å². The second-order valence-corrected chi connectivity index (χ2v) is 8.76. The molecule has 1 aliphatic heterocycles. The third kappa shape index (κ3) is 8.47. The Kier molecular flexibility index (Phi) is 14.3. The fraction of sp³-hybridized carbons (Fsp3) is 0.452. The summed E-state index contributed by atoms with van der Waals surface area (Å²) in [6, 6.07) is 17.3. The van der Waals surface area contributed by atoms with E-state index in [1.807, 2.05) is 13.8 Å². The van der Waals surface area contributed by atoms with E-state index in [4.69, 9.17) is 11.6 Å². The quantitative estimate of drug-likeness (QED) is 0.394. The summed E-state index contributed by atoms with van der Waals surface area (Å²) in [7, 11) is 0. The molecule has 0 bridgehead atoms. The van der Waals surface area contributed by atoms with Gasteiger partial charge in [-0.25, -0.2) is 0 Å². The van der Waals surface area contributed by atoms with Gasteiger partial charge in [0.1, 0.15) is 5.84 Å². The van der Waals surface area contributed by atoms with E-state index < -0.39 is 0 Å². The molecule has 0 saturated carbocycles. The van der Waals surface area contributed by atoms with Crippen LogP contribution >= 0.6 is 11.6 Å². The third-order valence-electron chi connectivity index (χ3n) is 5.34. The zero-order chi connectivity index (χ0) is 25.5. The number of hydrogen-bond donors (Lipinski definition) is 1. The fourth-order valence-corrected chi connectivity index (χ4v) is 3.84. The molecule has 0 radical (unpaired) electrons. The first-order chi connectivity index (χ1) is 16.5. The van der Waals surface area contributed by atoms with E-state index in [2.05, 4.69) is 100 Å². The first-order valence-corrected chi connectivity index (χ1v) is 13.4. The summed E-state index contributed by atoms with van der Waals surface area (Å²) >= 11 is 6.65. The van der Waals surface area contributed by atoms with Crippen molar-refractivity contribution in [3.63, 3.8) is 0 Å². The second kappa shape index (κ2) is 16.3. The number of amidine groups is 1. The van der Waals surface area contributed by atoms with E-state index in [-0.39, 0.29) is 0 Å². The summed E-state index contributed by atoms with van der Waals surface area (Å²) in [6.07, 6.45) is 5.33. The summed E-state index contributed by atoms with van der Waals surface area (Å²) in [6.45, 7) is 18.6. The average molecular weight is 481 g/mol. The Morgan fingerprint density at radius 2 is 1.44 bits per heavy atom. The lowest BCUT2D eigenvalue weighted by Crippen LogP contribution is -2.20. The summed E-state index contributed by atoms with van der Waals surface area (Å²) in [5.74, 6) is 0.956. The van der Waals surface area contributed by atoms with E-state index in [0.717, 1.165) is 45.8 Å². The Balaban J connectivity index is 0.000000499. The highest BCUT2D eigenvalue weighted by molar-refractivity contribution is 6.37. The highest BCUT2D eigenvalue weighted by Crippen LogP contribution is 2.33. The van der Waals surface area contributed by atoms with E-state index in [0.29, 0.717) is 0 Å². The highest BCUT2D eigenvalue weighted by Gasteiger charge is 2.15. The molecule has 0 aromatic heterocycles. The minimum Gasteiger partial charge on any atom is -0.368 e. The Morgan fingerprint density at radius 1 is 0.853 bits per heavy atom. The number of nitrogens with zero attached hydrogens (tertiary/aromatic N) is 1. The number of rotatable bonds is 4. The molecule has 0 saturated heterocycles. The van der Waals surface area contributed by atoms with Crippen molar-refractivity contribution in [2.45, 2.75) is 81.1 Å². The largest absolute Gasteiger partial charge is 0.368 e. The zero-order valence-electron chi connectivity index (χ0n) is 22.7. The van der Waals surface area contributed by atoms with E-state index in [9.17, 15) is 0 Å². The smallest absolute Gasteiger partial charge is 0.128 e. The lowest BCUT2D eigenvalue weighted by molar-refractivity contribution is 0.772. The summed E-state index contributed by atoms with van der Waals surface area (Å²) in [5, 5.41) is 6.40. The number of aliphatic imine (C=N–C) groups is 1. The molecule has 186 valence electrons. The molecule has 0 spiro atoms. The Hall–Kier alpha value is -2.32. The van der Waals surface area contributed by atoms with Crippen LogP contribution in [-0.2, 0) is 0 Å². The van der Waals surface area contributed by atoms with Gasteiger partial charge in [-0.15, -0.1) is 0 Å². The summed E-state index contributed by atoms with van der Waals surface area (Å²) in [4.78, 5) is 4.55. The maximum atomic E-state index is 6.65. The molecule has 0 fully saturated rings. The molecule has 4 rings (SSSR count). The first-order valence-electron chi connectivity index (χ1n) is 13.0. The van der Waals surface area contributed by atoms with Crippen molar-refractivity contribution in [3.05, 3.63) is 70.2 Å². The van der Waals surface area contributed by atoms with Crippen LogP contribution in [0.15, 0.2) is 53.5 Å². The molecule has 0 unspecified atom stereocenters. The minimum atomic E-state index is 0.814. The molecule has 3 aromatic carbocycles. The predicted molar refractivity (Wildman–Crippen MR) is 156 cm³/mol. The lowest BCUT2D eigenvalue weighted by atomic mass is 9.96. The van der Waals surface area contributed by atoms with Crippen molar-refractivity contribution >= 4 is 28.2 Å². The van der Waals surface area contributed by atoms with Gasteiger partial charge in [0.05, 0.1) is 11.6 Å². The number of hydrogen-bond acceptors (Lipinski definition) is 2. The number of unbranched alkanes of at least 4 members (excludes halogenated alkanes) is 2. The number of nitrogens with one attached hydrogen (secondary N) is 1. The number of aryl methyl sites for hydroxylation is 1. The molecule has 0 aliphatic carbocycles. The maximum absolute atomic E-state index is 6.65. The molecule has 3 aromatic rings. The fourth-order valence-electron chi connectivity index (χ4n) is 3.57. The standard InChI is InChI=1S/C21H19ClN2.C5H12.C3H8.C2H6/c1-13-3-5-15(6-4-13)16-7-8-18-17(11-16)12-19(14(2)20(18)22)21-23-9-10-24-21;1-3-5-4-2;1-3-2;1-2/h3-8,11-12H,9-10H2,1-2H3,(H,23,24);3-5H2,1-2H3;3H2,1-2H3;1-2H3. The van der Waals surface area contributed by atoms with Crippen LogP contribution in [-0.4, -0.2) is 18.9 Å². The Morgan fingerprint density at radius 3 is 1.94 bits per heavy atom. The molecule has 1 aliphatic rings. The zero-order valence-corrected chi connectivity index (χ0v) is 23.4. The molecule has 0 atom stereocenters. The monoisotopic (exact) mass is 480 g/mol. The van der Waals surface area contributed by atoms with Crippen LogP contribution in [0.4, 0.5) is 0 Å². The predicted octanol–water partition coefficient (Wildman–Crippen LogP) is 9.77. The van der Waals surface area contributed by atoms with Crippen LogP contribution in [0.5, 0.6) is 0 Å². The van der Waals surface area contributed by atoms with E-state index >= 15 is 0 Å². The van der Waals surface area contributed by atoms with Gasteiger partial charge in [0.2, 0.25) is 0 Å². The van der Waals surface area contributed by atoms with E-state index in [1.165, 1.54) is 42.4 Å². The molecule has 2 nitrogen and oxygen atoms in total. The summed E-state index contributed by atoms with van der Waals surface area (Å²) in [5.41, 5.74) is 5.88. The maximum Gasteiger partial charge on any atom is 0.128 e. The normalized spacial score (nSPS) is 11.7. The number of halogens is 1. The van der Waals surface area contributed by atoms with Gasteiger partial charge in [0.25, 0.3) is 0 Å². The lowest BCUT2D eigenvalue weighted by Gasteiger charge is -2.13. The topological polar surface area (TPSA) is 24.4 Å². The number of benzene rings is 3. The van der Waals surface area contributed by atoms with Gasteiger partial charge < -0.3 is 5.32 Å². The Labute approximate surface area is 213 Å². The van der Waals surface area contributed by atoms with Crippen LogP contribution in [0.25, 0.3) is 21.9 Å². The van der Waals surface area contributed by atoms with Gasteiger partial charge in [-0.1, -0.05) is 121 Å². The molecule has 1 N–H and O–H groups in total. The molecule has 1 heterocycles. The minimum absolute atomic E-state index is 0.814. The molecule has 3 heteroatoms. The van der Waals surface area contributed by atoms with Gasteiger partial charge in [-0.3, -0.25) is 4.99 Å². The van der Waals surface area contributed by atoms with Crippen LogP contribution in [0.1, 0.15) is 83.9 Å². The van der Waals surface area contributed by atoms with Gasteiger partial charge >= 0.3 is 0 Å². The van der Waals surface area contributed by atoms with Crippen molar-refractivity contribution in [1.29, 1.82) is 0 Å². The van der Waals surface area contributed by atoms with Gasteiger partial charge in [-0.05, 0) is 48.1 Å². The second-order valence-electron chi connectivity index (χ2n) is 8.38. The van der Waals surface area contributed by atoms with Crippen LogP contribution < -0.4 is 5.32 Å². The Bertz CT molecular complexity index is 1020. The van der Waals surface area contributed by atoms with Crippen molar-refractivity contribution in [3.8, 4) is 11.1 Å². The van der Waals surface area contributed by atoms with Crippen LogP contribution in [0.2, 0.25) is 5.02 Å². The highest BCUT2D eigenvalue weighted by atomic mass is 35.5. The molecule has 0 amide bonds. The molecular weight excluding hydrogens is 436 g/mol. The van der Waals surface area contributed by atoms with Crippen LogP contribution in [0, 0.1) is 13.8 Å². The van der Waals surface area contributed by atoms with Crippen molar-refractivity contribution in [1.82, 2.24) is 5.32 Å². The average Bonchev–Trinajstić information content (AvgIpc) is 3.39. The number of fused-ring (bicyclic) bond motifs is 1. The van der Waals surface area contributed by atoms with Gasteiger partial charge in [0.15, 0.2) is 0 Å². The molecular formula is C31H45ClN2. The van der Waals surface area contributed by atoms with Crippen molar-refractivity contribution < 1.29 is 0 Å². The molecule has 34 heavy (non-hydrogen) atoms. The SMILES string of the molecule is CC.CCC.CCCCC.Cc1ccc(-c2ccc3c(Cl)c(C)c(C4=NCCN4)cc3c2)cc1. The van der Waals surface area contributed by atoms with Crippen molar-refractivity contribution in [2.24, 2.45) is 4.99 Å². The summed E-state index contributed by atoms with van der Waals surface area (Å²) < 4.78 is 0. The third-order valence-corrected chi connectivity index (χ3v) is 5.83. The first kappa shape index (κ1) is 29.7. The van der Waals surface area contributed by atoms with E-state index in [1.54, 1.807) is 0 Å². The van der Waals surface area contributed by atoms with Crippen LogP contribution in [0.3, 0.4) is 0 Å². The van der Waals surface area contributed by atoms with Gasteiger partial charge in [-0.2, -0.15) is 0 Å².